The molecule has 4 aromatic rings. The average Bonchev–Trinajstić information content (AvgIpc) is 3.30. The molecule has 0 saturated carbocycles. The molecule has 0 aliphatic carbocycles. The van der Waals surface area contributed by atoms with Crippen LogP contribution in [0.15, 0.2) is 60.7 Å². The predicted octanol–water partition coefficient (Wildman–Crippen LogP) is 4.87. The number of hydrogen-bond acceptors (Lipinski definition) is 6. The summed E-state index contributed by atoms with van der Waals surface area (Å²) in [5.74, 6) is -0.0135. The van der Waals surface area contributed by atoms with E-state index < -0.39 is 5.97 Å². The van der Waals surface area contributed by atoms with Crippen LogP contribution in [0.25, 0.3) is 11.0 Å². The van der Waals surface area contributed by atoms with Crippen LogP contribution < -0.4 is 4.90 Å². The van der Waals surface area contributed by atoms with Crippen molar-refractivity contribution in [3.63, 3.8) is 0 Å². The Morgan fingerprint density at radius 1 is 1.00 bits per heavy atom. The number of carbonyl (C=O) groups excluding carboxylic acids is 1. The summed E-state index contributed by atoms with van der Waals surface area (Å²) in [5.41, 5.74) is 7.06. The van der Waals surface area contributed by atoms with E-state index in [1.165, 1.54) is 11.1 Å². The quantitative estimate of drug-likeness (QED) is 0.325. The van der Waals surface area contributed by atoms with Crippen molar-refractivity contribution >= 4 is 34.3 Å². The standard InChI is InChI=1S/C33H37N5O4/c1-22-7-10-29(23(2)17-22)35(3)26-6-4-5-24(18-26)32(39)37-14-12-36(13-15-37)21-31-34-28-9-8-25(33(40)41)19-30(28)38(31)20-27-11-16-42-27/h4-10,17-19,27H,11-16,20-21H2,1-3H3,(H,40,41)/t27-/m0/s1. The molecule has 9 nitrogen and oxygen atoms in total. The Morgan fingerprint density at radius 2 is 1.79 bits per heavy atom. The van der Waals surface area contributed by atoms with E-state index in [1.54, 1.807) is 18.2 Å². The third kappa shape index (κ3) is 5.62. The number of hydrogen-bond donors (Lipinski definition) is 1. The van der Waals surface area contributed by atoms with Gasteiger partial charge in [-0.25, -0.2) is 9.78 Å². The van der Waals surface area contributed by atoms with E-state index in [1.807, 2.05) is 36.2 Å². The van der Waals surface area contributed by atoms with Crippen molar-refractivity contribution in [2.75, 3.05) is 44.7 Å². The predicted molar refractivity (Wildman–Crippen MR) is 163 cm³/mol. The number of carbonyl (C=O) groups is 2. The first-order chi connectivity index (χ1) is 20.3. The molecule has 3 heterocycles. The van der Waals surface area contributed by atoms with Crippen molar-refractivity contribution in [2.45, 2.75) is 39.5 Å². The number of piperazine rings is 1. The van der Waals surface area contributed by atoms with Crippen LogP contribution in [0.2, 0.25) is 0 Å². The van der Waals surface area contributed by atoms with Crippen molar-refractivity contribution < 1.29 is 19.4 Å². The number of carboxylic acids is 1. The molecular weight excluding hydrogens is 530 g/mol. The van der Waals surface area contributed by atoms with Gasteiger partial charge in [0.05, 0.1) is 35.8 Å². The number of nitrogens with zero attached hydrogens (tertiary/aromatic N) is 5. The summed E-state index contributed by atoms with van der Waals surface area (Å²) in [5, 5.41) is 9.51. The van der Waals surface area contributed by atoms with Gasteiger partial charge in [-0.05, 0) is 68.3 Å². The van der Waals surface area contributed by atoms with E-state index in [0.717, 1.165) is 54.3 Å². The number of benzene rings is 3. The van der Waals surface area contributed by atoms with Crippen molar-refractivity contribution in [3.8, 4) is 0 Å². The van der Waals surface area contributed by atoms with Gasteiger partial charge in [0.15, 0.2) is 0 Å². The van der Waals surface area contributed by atoms with E-state index >= 15 is 0 Å². The van der Waals surface area contributed by atoms with Crippen LogP contribution in [0, 0.1) is 13.8 Å². The molecule has 0 unspecified atom stereocenters. The third-order valence-corrected chi connectivity index (χ3v) is 8.47. The first-order valence-electron chi connectivity index (χ1n) is 14.5. The maximum atomic E-state index is 13.5. The number of rotatable bonds is 8. The first-order valence-corrected chi connectivity index (χ1v) is 14.5. The zero-order chi connectivity index (χ0) is 29.4. The zero-order valence-corrected chi connectivity index (χ0v) is 24.4. The summed E-state index contributed by atoms with van der Waals surface area (Å²) >= 11 is 0. The SMILES string of the molecule is Cc1ccc(N(C)c2cccc(C(=O)N3CCN(Cc4nc5ccc(C(=O)O)cc5n4C[C@@H]4CCO4)CC3)c2)c(C)c1. The molecule has 1 N–H and O–H groups in total. The number of imidazole rings is 1. The summed E-state index contributed by atoms with van der Waals surface area (Å²) in [7, 11) is 2.03. The van der Waals surface area contributed by atoms with Crippen molar-refractivity contribution in [3.05, 3.63) is 88.7 Å². The maximum Gasteiger partial charge on any atom is 0.335 e. The number of fused-ring (bicyclic) bond motifs is 1. The molecule has 0 bridgehead atoms. The van der Waals surface area contributed by atoms with Crippen LogP contribution >= 0.6 is 0 Å². The van der Waals surface area contributed by atoms with Crippen molar-refractivity contribution in [2.24, 2.45) is 0 Å². The van der Waals surface area contributed by atoms with E-state index in [2.05, 4.69) is 46.4 Å². The van der Waals surface area contributed by atoms with Gasteiger partial charge in [-0.2, -0.15) is 0 Å². The van der Waals surface area contributed by atoms with E-state index in [4.69, 9.17) is 9.72 Å². The number of aromatic nitrogens is 2. The summed E-state index contributed by atoms with van der Waals surface area (Å²) < 4.78 is 7.80. The molecule has 2 fully saturated rings. The average molecular weight is 568 g/mol. The van der Waals surface area contributed by atoms with Gasteiger partial charge in [0, 0.05) is 56.8 Å². The summed E-state index contributed by atoms with van der Waals surface area (Å²) in [6.07, 6.45) is 1.11. The molecule has 218 valence electrons. The third-order valence-electron chi connectivity index (χ3n) is 8.47. The molecule has 2 aliphatic rings. The van der Waals surface area contributed by atoms with Crippen LogP contribution in [-0.2, 0) is 17.8 Å². The van der Waals surface area contributed by atoms with Crippen LogP contribution in [0.4, 0.5) is 11.4 Å². The Balaban J connectivity index is 1.13. The van der Waals surface area contributed by atoms with Gasteiger partial charge in [0.25, 0.3) is 5.91 Å². The molecule has 0 spiro atoms. The molecule has 1 aromatic heterocycles. The summed E-state index contributed by atoms with van der Waals surface area (Å²) in [6.45, 7) is 8.96. The molecule has 6 rings (SSSR count). The lowest BCUT2D eigenvalue weighted by atomic mass is 10.1. The normalized spacial score (nSPS) is 17.3. The van der Waals surface area contributed by atoms with Gasteiger partial charge >= 0.3 is 5.97 Å². The Hall–Kier alpha value is -4.21. The van der Waals surface area contributed by atoms with Gasteiger partial charge < -0.3 is 24.2 Å². The second-order valence-corrected chi connectivity index (χ2v) is 11.4. The number of aromatic carboxylic acids is 1. The van der Waals surface area contributed by atoms with Crippen LogP contribution in [0.3, 0.4) is 0 Å². The molecule has 0 radical (unpaired) electrons. The second kappa shape index (κ2) is 11.6. The van der Waals surface area contributed by atoms with Crippen molar-refractivity contribution in [1.82, 2.24) is 19.4 Å². The molecule has 1 atom stereocenters. The van der Waals surface area contributed by atoms with E-state index in [-0.39, 0.29) is 17.6 Å². The number of anilines is 2. The minimum absolute atomic E-state index is 0.0427. The lowest BCUT2D eigenvalue weighted by Crippen LogP contribution is -2.48. The number of amides is 1. The van der Waals surface area contributed by atoms with Crippen LogP contribution in [0.5, 0.6) is 0 Å². The summed E-state index contributed by atoms with van der Waals surface area (Å²) in [4.78, 5) is 36.4. The van der Waals surface area contributed by atoms with E-state index in [9.17, 15) is 14.7 Å². The lowest BCUT2D eigenvalue weighted by Gasteiger charge is -2.35. The fourth-order valence-electron chi connectivity index (χ4n) is 5.92. The summed E-state index contributed by atoms with van der Waals surface area (Å²) in [6, 6.07) is 19.3. The fraction of sp³-hybridized carbons (Fsp3) is 0.364. The fourth-order valence-corrected chi connectivity index (χ4v) is 5.92. The molecule has 2 saturated heterocycles. The lowest BCUT2D eigenvalue weighted by molar-refractivity contribution is -0.0592. The zero-order valence-electron chi connectivity index (χ0n) is 24.4. The second-order valence-electron chi connectivity index (χ2n) is 11.4. The topological polar surface area (TPSA) is 91.1 Å². The highest BCUT2D eigenvalue weighted by Gasteiger charge is 2.26. The number of carboxylic acid groups (broad SMARTS) is 1. The van der Waals surface area contributed by atoms with Crippen molar-refractivity contribution in [1.29, 1.82) is 0 Å². The highest BCUT2D eigenvalue weighted by molar-refractivity contribution is 5.95. The minimum atomic E-state index is -0.950. The highest BCUT2D eigenvalue weighted by Crippen LogP contribution is 2.29. The van der Waals surface area contributed by atoms with Gasteiger partial charge in [0.2, 0.25) is 0 Å². The Labute approximate surface area is 245 Å². The molecular formula is C33H37N5O4. The molecule has 3 aromatic carbocycles. The minimum Gasteiger partial charge on any atom is -0.478 e. The van der Waals surface area contributed by atoms with Gasteiger partial charge in [-0.3, -0.25) is 9.69 Å². The molecule has 42 heavy (non-hydrogen) atoms. The number of aryl methyl sites for hydroxylation is 2. The monoisotopic (exact) mass is 567 g/mol. The number of ether oxygens (including phenoxy) is 1. The van der Waals surface area contributed by atoms with Gasteiger partial charge in [-0.1, -0.05) is 23.8 Å². The van der Waals surface area contributed by atoms with Crippen LogP contribution in [-0.4, -0.2) is 82.3 Å². The largest absolute Gasteiger partial charge is 0.478 e. The molecule has 1 amide bonds. The van der Waals surface area contributed by atoms with Crippen LogP contribution in [0.1, 0.15) is 44.1 Å². The Bertz CT molecular complexity index is 1630. The molecule has 2 aliphatic heterocycles. The maximum absolute atomic E-state index is 13.5. The van der Waals surface area contributed by atoms with Gasteiger partial charge in [0.1, 0.15) is 5.82 Å². The highest BCUT2D eigenvalue weighted by atomic mass is 16.5. The molecule has 9 heteroatoms. The van der Waals surface area contributed by atoms with Gasteiger partial charge in [-0.15, -0.1) is 0 Å². The smallest absolute Gasteiger partial charge is 0.335 e. The Morgan fingerprint density at radius 3 is 2.48 bits per heavy atom. The first kappa shape index (κ1) is 27.9. The Kier molecular flexibility index (Phi) is 7.70. The van der Waals surface area contributed by atoms with E-state index in [0.29, 0.717) is 31.7 Å².